The molecule has 1 amide bonds. The molecule has 0 aliphatic carbocycles. The molecule has 0 atom stereocenters. The number of amides is 1. The minimum absolute atomic E-state index is 0.126. The normalized spacial score (nSPS) is 10.6. The van der Waals surface area contributed by atoms with Gasteiger partial charge in [-0.1, -0.05) is 6.07 Å². The van der Waals surface area contributed by atoms with E-state index in [9.17, 15) is 4.79 Å². The zero-order valence-corrected chi connectivity index (χ0v) is 16.3. The molecule has 7 heteroatoms. The number of nitrogens with zero attached hydrogens (tertiary/aromatic N) is 2. The van der Waals surface area contributed by atoms with Gasteiger partial charge in [0.25, 0.3) is 5.91 Å². The zero-order chi connectivity index (χ0) is 19.8. The van der Waals surface area contributed by atoms with Crippen molar-refractivity contribution >= 4 is 17.8 Å². The molecule has 2 aromatic rings. The molecule has 2 aromatic carbocycles. The molecule has 144 valence electrons. The average Bonchev–Trinajstić information content (AvgIpc) is 2.67. The lowest BCUT2D eigenvalue weighted by molar-refractivity contribution is -0.123. The lowest BCUT2D eigenvalue weighted by atomic mass is 10.1. The van der Waals surface area contributed by atoms with E-state index in [-0.39, 0.29) is 12.5 Å². The van der Waals surface area contributed by atoms with E-state index in [4.69, 9.17) is 14.2 Å². The Morgan fingerprint density at radius 2 is 1.85 bits per heavy atom. The molecule has 2 rings (SSSR count). The van der Waals surface area contributed by atoms with Gasteiger partial charge >= 0.3 is 0 Å². The highest BCUT2D eigenvalue weighted by Crippen LogP contribution is 2.29. The molecule has 0 unspecified atom stereocenters. The summed E-state index contributed by atoms with van der Waals surface area (Å²) in [6.07, 6.45) is 1.56. The summed E-state index contributed by atoms with van der Waals surface area (Å²) in [5.74, 6) is 1.51. The van der Waals surface area contributed by atoms with Gasteiger partial charge in [-0.15, -0.1) is 0 Å². The van der Waals surface area contributed by atoms with E-state index in [1.165, 1.54) is 0 Å². The molecule has 0 fully saturated rings. The Labute approximate surface area is 159 Å². The summed E-state index contributed by atoms with van der Waals surface area (Å²) in [7, 11) is 7.03. The molecular formula is C20H25N3O4. The molecule has 0 aliphatic heterocycles. The molecule has 0 bridgehead atoms. The van der Waals surface area contributed by atoms with Crippen molar-refractivity contribution in [3.8, 4) is 17.2 Å². The van der Waals surface area contributed by atoms with E-state index in [0.717, 1.165) is 16.8 Å². The molecule has 0 aromatic heterocycles. The fourth-order valence-corrected chi connectivity index (χ4v) is 2.34. The van der Waals surface area contributed by atoms with Gasteiger partial charge in [-0.05, 0) is 36.8 Å². The summed E-state index contributed by atoms with van der Waals surface area (Å²) in [6, 6.07) is 11.2. The molecule has 0 aliphatic rings. The SMILES string of the molecule is COc1cc(C)c(/C=N/NC(=O)COc2cccc(N(C)C)c2)cc1OC. The lowest BCUT2D eigenvalue weighted by Gasteiger charge is -2.13. The van der Waals surface area contributed by atoms with E-state index >= 15 is 0 Å². The summed E-state index contributed by atoms with van der Waals surface area (Å²) in [4.78, 5) is 13.9. The highest BCUT2D eigenvalue weighted by Gasteiger charge is 2.07. The first kappa shape index (κ1) is 20.1. The minimum Gasteiger partial charge on any atom is -0.493 e. The number of carbonyl (C=O) groups is 1. The molecule has 0 radical (unpaired) electrons. The van der Waals surface area contributed by atoms with E-state index < -0.39 is 0 Å². The molecular weight excluding hydrogens is 346 g/mol. The third kappa shape index (κ3) is 5.64. The Hall–Kier alpha value is -3.22. The number of anilines is 1. The number of nitrogens with one attached hydrogen (secondary N) is 1. The van der Waals surface area contributed by atoms with Crippen molar-refractivity contribution in [2.24, 2.45) is 5.10 Å². The third-order valence-electron chi connectivity index (χ3n) is 3.87. The number of hydrazone groups is 1. The van der Waals surface area contributed by atoms with Crippen LogP contribution in [0.15, 0.2) is 41.5 Å². The van der Waals surface area contributed by atoms with Crippen LogP contribution in [-0.2, 0) is 4.79 Å². The first-order valence-corrected chi connectivity index (χ1v) is 8.39. The van der Waals surface area contributed by atoms with Crippen molar-refractivity contribution in [1.82, 2.24) is 5.43 Å². The highest BCUT2D eigenvalue weighted by atomic mass is 16.5. The fourth-order valence-electron chi connectivity index (χ4n) is 2.34. The lowest BCUT2D eigenvalue weighted by Crippen LogP contribution is -2.24. The van der Waals surface area contributed by atoms with E-state index in [1.54, 1.807) is 32.6 Å². The van der Waals surface area contributed by atoms with Gasteiger partial charge in [0.05, 0.1) is 20.4 Å². The predicted molar refractivity (Wildman–Crippen MR) is 106 cm³/mol. The van der Waals surface area contributed by atoms with Crippen LogP contribution in [0, 0.1) is 6.92 Å². The van der Waals surface area contributed by atoms with Crippen molar-refractivity contribution in [2.45, 2.75) is 6.92 Å². The van der Waals surface area contributed by atoms with Crippen molar-refractivity contribution in [2.75, 3.05) is 39.8 Å². The Morgan fingerprint density at radius 3 is 2.52 bits per heavy atom. The van der Waals surface area contributed by atoms with Crippen LogP contribution in [0.4, 0.5) is 5.69 Å². The van der Waals surface area contributed by atoms with E-state index in [1.807, 2.05) is 50.2 Å². The number of rotatable bonds is 8. The standard InChI is InChI=1S/C20H25N3O4/c1-14-9-18(25-4)19(26-5)10-15(14)12-21-22-20(24)13-27-17-8-6-7-16(11-17)23(2)3/h6-12H,13H2,1-5H3,(H,22,24)/b21-12+. The van der Waals surface area contributed by atoms with Crippen LogP contribution in [0.5, 0.6) is 17.2 Å². The quantitative estimate of drug-likeness (QED) is 0.570. The number of hydrogen-bond donors (Lipinski definition) is 1. The molecule has 1 N–H and O–H groups in total. The molecule has 0 heterocycles. The highest BCUT2D eigenvalue weighted by molar-refractivity contribution is 5.85. The van der Waals surface area contributed by atoms with Crippen LogP contribution in [0.3, 0.4) is 0 Å². The summed E-state index contributed by atoms with van der Waals surface area (Å²) in [5.41, 5.74) is 5.21. The fraction of sp³-hybridized carbons (Fsp3) is 0.300. The summed E-state index contributed by atoms with van der Waals surface area (Å²) < 4.78 is 16.0. The second-order valence-electron chi connectivity index (χ2n) is 6.04. The van der Waals surface area contributed by atoms with Gasteiger partial charge in [0.1, 0.15) is 5.75 Å². The first-order valence-electron chi connectivity index (χ1n) is 8.39. The van der Waals surface area contributed by atoms with Gasteiger partial charge in [0.2, 0.25) is 0 Å². The number of benzene rings is 2. The predicted octanol–water partition coefficient (Wildman–Crippen LogP) is 2.61. The van der Waals surface area contributed by atoms with Crippen molar-refractivity contribution in [3.63, 3.8) is 0 Å². The number of hydrogen-bond acceptors (Lipinski definition) is 6. The van der Waals surface area contributed by atoms with Gasteiger partial charge < -0.3 is 19.1 Å². The molecule has 0 saturated carbocycles. The third-order valence-corrected chi connectivity index (χ3v) is 3.87. The largest absolute Gasteiger partial charge is 0.493 e. The van der Waals surface area contributed by atoms with Crippen LogP contribution >= 0.6 is 0 Å². The number of carbonyl (C=O) groups excluding carboxylic acids is 1. The van der Waals surface area contributed by atoms with Gasteiger partial charge in [-0.3, -0.25) is 4.79 Å². The van der Waals surface area contributed by atoms with Crippen molar-refractivity contribution in [1.29, 1.82) is 0 Å². The summed E-state index contributed by atoms with van der Waals surface area (Å²) in [6.45, 7) is 1.80. The number of ether oxygens (including phenoxy) is 3. The maximum Gasteiger partial charge on any atom is 0.277 e. The van der Waals surface area contributed by atoms with Crippen LogP contribution in [0.2, 0.25) is 0 Å². The van der Waals surface area contributed by atoms with Crippen LogP contribution in [0.25, 0.3) is 0 Å². The van der Waals surface area contributed by atoms with Crippen LogP contribution < -0.4 is 24.5 Å². The molecule has 7 nitrogen and oxygen atoms in total. The Bertz CT molecular complexity index is 819. The Morgan fingerprint density at radius 1 is 1.15 bits per heavy atom. The molecule has 0 spiro atoms. The number of aryl methyl sites for hydroxylation is 1. The molecule has 27 heavy (non-hydrogen) atoms. The summed E-state index contributed by atoms with van der Waals surface area (Å²) in [5, 5.41) is 3.98. The zero-order valence-electron chi connectivity index (χ0n) is 16.3. The van der Waals surface area contributed by atoms with Crippen LogP contribution in [-0.4, -0.2) is 47.0 Å². The topological polar surface area (TPSA) is 72.4 Å². The van der Waals surface area contributed by atoms with Crippen LogP contribution in [0.1, 0.15) is 11.1 Å². The minimum atomic E-state index is -0.348. The van der Waals surface area contributed by atoms with Crippen molar-refractivity contribution in [3.05, 3.63) is 47.5 Å². The Kier molecular flexibility index (Phi) is 7.05. The van der Waals surface area contributed by atoms with Crippen molar-refractivity contribution < 1.29 is 19.0 Å². The van der Waals surface area contributed by atoms with E-state index in [2.05, 4.69) is 10.5 Å². The summed E-state index contributed by atoms with van der Waals surface area (Å²) >= 11 is 0. The monoisotopic (exact) mass is 371 g/mol. The second-order valence-corrected chi connectivity index (χ2v) is 6.04. The average molecular weight is 371 g/mol. The van der Waals surface area contributed by atoms with Gasteiger partial charge in [-0.25, -0.2) is 5.43 Å². The first-order chi connectivity index (χ1) is 12.9. The number of methoxy groups -OCH3 is 2. The van der Waals surface area contributed by atoms with Gasteiger partial charge in [-0.2, -0.15) is 5.10 Å². The van der Waals surface area contributed by atoms with Gasteiger partial charge in [0, 0.05) is 31.4 Å². The maximum absolute atomic E-state index is 11.9. The van der Waals surface area contributed by atoms with Gasteiger partial charge in [0.15, 0.2) is 18.1 Å². The smallest absolute Gasteiger partial charge is 0.277 e. The second kappa shape index (κ2) is 9.47. The van der Waals surface area contributed by atoms with E-state index in [0.29, 0.717) is 17.2 Å². The maximum atomic E-state index is 11.9. The molecule has 0 saturated heterocycles. The Balaban J connectivity index is 1.93.